The van der Waals surface area contributed by atoms with Crippen LogP contribution in [0.1, 0.15) is 33.6 Å². The third kappa shape index (κ3) is 5.31. The molecule has 0 spiro atoms. The fraction of sp³-hybridized carbons (Fsp3) is 0.292. The number of hydrazine groups is 1. The monoisotopic (exact) mass is 517 g/mol. The second-order valence-electron chi connectivity index (χ2n) is 8.22. The van der Waals surface area contributed by atoms with Crippen LogP contribution in [-0.2, 0) is 19.1 Å². The quantitative estimate of drug-likeness (QED) is 0.272. The van der Waals surface area contributed by atoms with E-state index in [0.29, 0.717) is 18.4 Å². The van der Waals surface area contributed by atoms with Crippen LogP contribution in [0.4, 0.5) is 5.69 Å². The van der Waals surface area contributed by atoms with E-state index in [-0.39, 0.29) is 23.1 Å². The molecular weight excluding hydrogens is 497 g/mol. The molecule has 2 aliphatic rings. The van der Waals surface area contributed by atoms with Crippen LogP contribution in [0.3, 0.4) is 0 Å². The predicted molar refractivity (Wildman–Crippen MR) is 127 cm³/mol. The van der Waals surface area contributed by atoms with Crippen molar-refractivity contribution in [3.8, 4) is 0 Å². The van der Waals surface area contributed by atoms with Crippen molar-refractivity contribution in [1.29, 1.82) is 0 Å². The number of carbonyl (C=O) groups excluding carboxylic acids is 5. The van der Waals surface area contributed by atoms with Crippen LogP contribution in [-0.4, -0.2) is 47.0 Å². The number of alkyl halides is 2. The molecule has 2 aromatic carbocycles. The summed E-state index contributed by atoms with van der Waals surface area (Å²) in [7, 11) is 0. The molecule has 1 saturated carbocycles. The van der Waals surface area contributed by atoms with E-state index in [1.807, 2.05) is 0 Å². The molecular formula is C24H21Cl2N3O6. The van der Waals surface area contributed by atoms with Gasteiger partial charge < -0.3 is 4.74 Å². The molecule has 9 nitrogen and oxygen atoms in total. The number of fused-ring (bicyclic) bond motifs is 1. The summed E-state index contributed by atoms with van der Waals surface area (Å²) in [6, 6.07) is 14.1. The van der Waals surface area contributed by atoms with Gasteiger partial charge in [0.05, 0.1) is 33.8 Å². The Kier molecular flexibility index (Phi) is 7.37. The first kappa shape index (κ1) is 24.7. The lowest BCUT2D eigenvalue weighted by molar-refractivity contribution is -0.125. The van der Waals surface area contributed by atoms with Crippen LogP contribution in [0.25, 0.3) is 0 Å². The largest absolute Gasteiger partial charge is 0.452 e. The highest BCUT2D eigenvalue weighted by Gasteiger charge is 2.52. The van der Waals surface area contributed by atoms with E-state index in [1.54, 1.807) is 30.3 Å². The fourth-order valence-corrected chi connectivity index (χ4v) is 4.75. The van der Waals surface area contributed by atoms with Gasteiger partial charge in [0.2, 0.25) is 11.8 Å². The van der Waals surface area contributed by atoms with Crippen molar-refractivity contribution < 1.29 is 28.7 Å². The smallest absolute Gasteiger partial charge is 0.338 e. The van der Waals surface area contributed by atoms with Gasteiger partial charge in [0.1, 0.15) is 0 Å². The molecule has 2 aromatic rings. The Balaban J connectivity index is 1.35. The number of benzene rings is 2. The lowest BCUT2D eigenvalue weighted by atomic mass is 9.80. The maximum Gasteiger partial charge on any atom is 0.338 e. The minimum absolute atomic E-state index is 0.0459. The van der Waals surface area contributed by atoms with Crippen molar-refractivity contribution in [3.63, 3.8) is 0 Å². The molecule has 182 valence electrons. The van der Waals surface area contributed by atoms with Crippen LogP contribution in [0, 0.1) is 11.8 Å². The van der Waals surface area contributed by atoms with Gasteiger partial charge in [-0.1, -0.05) is 24.3 Å². The van der Waals surface area contributed by atoms with Gasteiger partial charge in [-0.15, -0.1) is 23.2 Å². The number of ether oxygens (including phenoxy) is 1. The van der Waals surface area contributed by atoms with E-state index in [4.69, 9.17) is 27.9 Å². The molecule has 1 aliphatic carbocycles. The number of hydrogen-bond donors (Lipinski definition) is 2. The number of amides is 4. The van der Waals surface area contributed by atoms with Gasteiger partial charge in [-0.25, -0.2) is 4.79 Å². The lowest BCUT2D eigenvalue weighted by Gasteiger charge is -2.28. The van der Waals surface area contributed by atoms with Crippen molar-refractivity contribution in [1.82, 2.24) is 10.9 Å². The Labute approximate surface area is 210 Å². The second kappa shape index (κ2) is 10.5. The van der Waals surface area contributed by atoms with Gasteiger partial charge in [-0.05, 0) is 43.2 Å². The SMILES string of the molecule is O=C(COC(=O)c1cccc(N2C(=O)[C@@H]3C[C@H](Cl)[C@@H](Cl)C[C@H]3C2=O)c1)NNC(=O)c1ccccc1. The minimum Gasteiger partial charge on any atom is -0.452 e. The molecule has 4 atom stereocenters. The van der Waals surface area contributed by atoms with Gasteiger partial charge >= 0.3 is 5.97 Å². The predicted octanol–water partition coefficient (Wildman–Crippen LogP) is 2.42. The summed E-state index contributed by atoms with van der Waals surface area (Å²) in [6.45, 7) is -0.655. The number of anilines is 1. The number of rotatable bonds is 5. The third-order valence-electron chi connectivity index (χ3n) is 5.94. The van der Waals surface area contributed by atoms with Gasteiger partial charge in [0.15, 0.2) is 6.61 Å². The van der Waals surface area contributed by atoms with E-state index < -0.39 is 47.0 Å². The summed E-state index contributed by atoms with van der Waals surface area (Å²) in [5.74, 6) is -3.98. The molecule has 4 amide bonds. The Bertz CT molecular complexity index is 1150. The number of nitrogens with zero attached hydrogens (tertiary/aromatic N) is 1. The summed E-state index contributed by atoms with van der Waals surface area (Å²) < 4.78 is 5.00. The first-order valence-electron chi connectivity index (χ1n) is 10.8. The molecule has 0 bridgehead atoms. The average molecular weight is 518 g/mol. The van der Waals surface area contributed by atoms with Crippen LogP contribution in [0.15, 0.2) is 54.6 Å². The van der Waals surface area contributed by atoms with Gasteiger partial charge in [-0.2, -0.15) is 0 Å². The summed E-state index contributed by atoms with van der Waals surface area (Å²) in [6.07, 6.45) is 0.609. The third-order valence-corrected chi connectivity index (χ3v) is 7.03. The Morgan fingerprint density at radius 3 is 2.09 bits per heavy atom. The maximum atomic E-state index is 12.9. The molecule has 1 saturated heterocycles. The first-order chi connectivity index (χ1) is 16.8. The van der Waals surface area contributed by atoms with E-state index in [1.165, 1.54) is 24.3 Å². The zero-order valence-electron chi connectivity index (χ0n) is 18.3. The number of hydrogen-bond acceptors (Lipinski definition) is 6. The number of imide groups is 1. The summed E-state index contributed by atoms with van der Waals surface area (Å²) in [4.78, 5) is 63.3. The average Bonchev–Trinajstić information content (AvgIpc) is 3.10. The highest BCUT2D eigenvalue weighted by atomic mass is 35.5. The standard InChI is InChI=1S/C24H21Cl2N3O6/c25-18-10-16-17(11-19(18)26)23(33)29(22(16)32)15-8-4-7-14(9-15)24(34)35-12-20(30)27-28-21(31)13-5-2-1-3-6-13/h1-9,16-19H,10-12H2,(H,27,30)(H,28,31)/t16-,17-,18+,19+/m1/s1. The molecule has 4 rings (SSSR count). The first-order valence-corrected chi connectivity index (χ1v) is 11.7. The molecule has 2 N–H and O–H groups in total. The number of carbonyl (C=O) groups is 5. The van der Waals surface area contributed by atoms with E-state index >= 15 is 0 Å². The van der Waals surface area contributed by atoms with Crippen LogP contribution < -0.4 is 15.8 Å². The van der Waals surface area contributed by atoms with E-state index in [9.17, 15) is 24.0 Å². The van der Waals surface area contributed by atoms with E-state index in [0.717, 1.165) is 4.90 Å². The Morgan fingerprint density at radius 1 is 0.857 bits per heavy atom. The molecule has 35 heavy (non-hydrogen) atoms. The molecule has 0 radical (unpaired) electrons. The Morgan fingerprint density at radius 2 is 1.46 bits per heavy atom. The van der Waals surface area contributed by atoms with Crippen LogP contribution >= 0.6 is 23.2 Å². The normalized spacial score (nSPS) is 23.4. The molecule has 11 heteroatoms. The molecule has 0 aromatic heterocycles. The highest BCUT2D eigenvalue weighted by Crippen LogP contribution is 2.43. The van der Waals surface area contributed by atoms with Crippen LogP contribution in [0.5, 0.6) is 0 Å². The minimum atomic E-state index is -0.838. The molecule has 2 fully saturated rings. The van der Waals surface area contributed by atoms with Crippen molar-refractivity contribution in [2.45, 2.75) is 23.6 Å². The zero-order chi connectivity index (χ0) is 25.1. The molecule has 1 heterocycles. The van der Waals surface area contributed by atoms with Crippen LogP contribution in [0.2, 0.25) is 0 Å². The van der Waals surface area contributed by atoms with Gasteiger partial charge in [0.25, 0.3) is 11.8 Å². The van der Waals surface area contributed by atoms with Gasteiger partial charge in [0, 0.05) is 5.56 Å². The summed E-state index contributed by atoms with van der Waals surface area (Å²) >= 11 is 12.4. The second-order valence-corrected chi connectivity index (χ2v) is 9.34. The Hall–Kier alpha value is -3.43. The van der Waals surface area contributed by atoms with Crippen molar-refractivity contribution in [2.24, 2.45) is 11.8 Å². The molecule has 0 unspecified atom stereocenters. The molecule has 1 aliphatic heterocycles. The van der Waals surface area contributed by atoms with Crippen molar-refractivity contribution in [3.05, 3.63) is 65.7 Å². The summed E-state index contributed by atoms with van der Waals surface area (Å²) in [5, 5.41) is -0.806. The van der Waals surface area contributed by atoms with Gasteiger partial charge in [-0.3, -0.25) is 34.9 Å². The maximum absolute atomic E-state index is 12.9. The zero-order valence-corrected chi connectivity index (χ0v) is 19.8. The van der Waals surface area contributed by atoms with Crippen molar-refractivity contribution in [2.75, 3.05) is 11.5 Å². The number of halogens is 2. The number of esters is 1. The van der Waals surface area contributed by atoms with E-state index in [2.05, 4.69) is 10.9 Å². The van der Waals surface area contributed by atoms with Crippen molar-refractivity contribution >= 4 is 58.5 Å². The fourth-order valence-electron chi connectivity index (χ4n) is 4.16. The lowest BCUT2D eigenvalue weighted by Crippen LogP contribution is -2.43. The summed E-state index contributed by atoms with van der Waals surface area (Å²) in [5.41, 5.74) is 4.99. The number of nitrogens with one attached hydrogen (secondary N) is 2. The topological polar surface area (TPSA) is 122 Å². The highest BCUT2D eigenvalue weighted by molar-refractivity contribution is 6.31.